The van der Waals surface area contributed by atoms with Crippen LogP contribution >= 0.6 is 33.5 Å². The molecule has 0 aromatic carbocycles. The molecule has 0 radical (unpaired) electrons. The van der Waals surface area contributed by atoms with Crippen LogP contribution < -0.4 is 5.32 Å². The Hall–Kier alpha value is -1.59. The summed E-state index contributed by atoms with van der Waals surface area (Å²) in [5.41, 5.74) is 0.562. The molecule has 1 amide bonds. The molecule has 0 bridgehead atoms. The van der Waals surface area contributed by atoms with Crippen LogP contribution in [0.3, 0.4) is 0 Å². The Morgan fingerprint density at radius 3 is 2.62 bits per heavy atom. The van der Waals surface area contributed by atoms with Gasteiger partial charge in [-0.25, -0.2) is 14.8 Å². The monoisotopic (exact) mass is 500 g/mol. The molecule has 176 valence electrons. The first kappa shape index (κ1) is 23.6. The summed E-state index contributed by atoms with van der Waals surface area (Å²) in [6.07, 6.45) is 3.73. The summed E-state index contributed by atoms with van der Waals surface area (Å²) in [7, 11) is -3.14. The number of nitrogens with zero attached hydrogens (tertiary/aromatic N) is 3. The Labute approximate surface area is 198 Å². The summed E-state index contributed by atoms with van der Waals surface area (Å²) in [5.74, 6) is 0.436. The second kappa shape index (κ2) is 8.98. The highest BCUT2D eigenvalue weighted by atomic mass is 35.5. The number of carbonyl (C=O) groups excluding carboxylic acids is 1. The van der Waals surface area contributed by atoms with Gasteiger partial charge in [0.25, 0.3) is 0 Å². The highest BCUT2D eigenvalue weighted by molar-refractivity contribution is 8.24. The third kappa shape index (κ3) is 5.31. The zero-order valence-corrected chi connectivity index (χ0v) is 20.8. The van der Waals surface area contributed by atoms with E-state index >= 15 is 0 Å². The van der Waals surface area contributed by atoms with Crippen molar-refractivity contribution in [2.45, 2.75) is 68.6 Å². The van der Waals surface area contributed by atoms with Crippen molar-refractivity contribution < 1.29 is 18.6 Å². The molecule has 3 heterocycles. The number of nitrogens with one attached hydrogen (secondary N) is 1. The number of hydrogen-bond acceptors (Lipinski definition) is 8. The molecule has 2 aromatic heterocycles. The molecule has 0 saturated carbocycles. The normalized spacial score (nSPS) is 17.9. The fourth-order valence-corrected chi connectivity index (χ4v) is 7.10. The van der Waals surface area contributed by atoms with Crippen molar-refractivity contribution in [3.05, 3.63) is 27.9 Å². The van der Waals surface area contributed by atoms with E-state index in [0.717, 1.165) is 30.1 Å². The van der Waals surface area contributed by atoms with E-state index in [0.29, 0.717) is 36.6 Å². The number of likely N-dealkylation sites (tertiary alicyclic amines) is 1. The first-order chi connectivity index (χ1) is 15.0. The number of halogens is 1. The van der Waals surface area contributed by atoms with Crippen LogP contribution in [0.5, 0.6) is 0 Å². The Bertz CT molecular complexity index is 979. The standard InChI is InChI=1S/C21H29ClN4O4S2/c1-21(2,3)30-20(27)26-9-7-13(8-10-26)32(28,29)14-11-17(22)24-18(12-14)25-19-23-15-5-4-6-16(15)31-19/h11-13,28-29H,4-10H2,1-3H3,(H,23,24,25). The molecular weight excluding hydrogens is 472 g/mol. The van der Waals surface area contributed by atoms with Gasteiger partial charge in [-0.05, 0) is 58.9 Å². The van der Waals surface area contributed by atoms with E-state index in [-0.39, 0.29) is 16.5 Å². The van der Waals surface area contributed by atoms with Crippen molar-refractivity contribution >= 4 is 50.6 Å². The van der Waals surface area contributed by atoms with E-state index in [1.165, 1.54) is 10.9 Å². The van der Waals surface area contributed by atoms with Crippen molar-refractivity contribution in [1.82, 2.24) is 14.9 Å². The Morgan fingerprint density at radius 2 is 1.97 bits per heavy atom. The third-order valence-electron chi connectivity index (χ3n) is 5.50. The molecule has 2 aromatic rings. The maximum absolute atomic E-state index is 12.3. The molecule has 1 saturated heterocycles. The number of carbonyl (C=O) groups is 1. The van der Waals surface area contributed by atoms with Crippen molar-refractivity contribution in [3.8, 4) is 0 Å². The van der Waals surface area contributed by atoms with Crippen LogP contribution in [-0.2, 0) is 17.6 Å². The van der Waals surface area contributed by atoms with Crippen molar-refractivity contribution in [2.75, 3.05) is 18.4 Å². The summed E-state index contributed by atoms with van der Waals surface area (Å²) < 4.78 is 27.6. The quantitative estimate of drug-likeness (QED) is 0.446. The lowest BCUT2D eigenvalue weighted by Gasteiger charge is -2.44. The summed E-state index contributed by atoms with van der Waals surface area (Å²) in [4.78, 5) is 24.4. The number of aryl methyl sites for hydroxylation is 2. The zero-order chi connectivity index (χ0) is 23.1. The topological polar surface area (TPSA) is 108 Å². The second-order valence-electron chi connectivity index (χ2n) is 9.14. The highest BCUT2D eigenvalue weighted by Crippen LogP contribution is 2.56. The number of aromatic nitrogens is 2. The van der Waals surface area contributed by atoms with Crippen molar-refractivity contribution in [3.63, 3.8) is 0 Å². The summed E-state index contributed by atoms with van der Waals surface area (Å²) >= 11 is 7.81. The molecule has 8 nitrogen and oxygen atoms in total. The highest BCUT2D eigenvalue weighted by Gasteiger charge is 2.35. The molecule has 2 aliphatic rings. The van der Waals surface area contributed by atoms with E-state index in [1.54, 1.807) is 22.3 Å². The minimum Gasteiger partial charge on any atom is -0.444 e. The average molecular weight is 501 g/mol. The SMILES string of the molecule is CC(C)(C)OC(=O)N1CCC(S(O)(O)c2cc(Cl)nc(Nc3nc4c(s3)CCC4)c2)CC1. The Kier molecular flexibility index (Phi) is 6.61. The molecule has 1 aliphatic heterocycles. The summed E-state index contributed by atoms with van der Waals surface area (Å²) in [6.45, 7) is 6.29. The largest absolute Gasteiger partial charge is 0.444 e. The average Bonchev–Trinajstić information content (AvgIpc) is 3.28. The Morgan fingerprint density at radius 1 is 1.25 bits per heavy atom. The van der Waals surface area contributed by atoms with Crippen molar-refractivity contribution in [2.24, 2.45) is 0 Å². The van der Waals surface area contributed by atoms with Gasteiger partial charge in [0, 0.05) is 24.0 Å². The van der Waals surface area contributed by atoms with Crippen LogP contribution in [0, 0.1) is 0 Å². The first-order valence-electron chi connectivity index (χ1n) is 10.7. The fourth-order valence-electron chi connectivity index (χ4n) is 3.95. The number of pyridine rings is 1. The number of piperidine rings is 1. The number of fused-ring (bicyclic) bond motifs is 1. The second-order valence-corrected chi connectivity index (χ2v) is 12.9. The van der Waals surface area contributed by atoms with Gasteiger partial charge in [0.15, 0.2) is 5.13 Å². The Balaban J connectivity index is 1.45. The van der Waals surface area contributed by atoms with Gasteiger partial charge in [-0.15, -0.1) is 11.3 Å². The van der Waals surface area contributed by atoms with Crippen LogP contribution in [-0.4, -0.2) is 54.0 Å². The first-order valence-corrected chi connectivity index (χ1v) is 13.5. The molecular formula is C21H29ClN4O4S2. The van der Waals surface area contributed by atoms with Crippen LogP contribution in [0.25, 0.3) is 0 Å². The third-order valence-corrected chi connectivity index (χ3v) is 9.10. The lowest BCUT2D eigenvalue weighted by Crippen LogP contribution is -2.43. The minimum atomic E-state index is -3.14. The van der Waals surface area contributed by atoms with Crippen LogP contribution in [0.15, 0.2) is 17.0 Å². The molecule has 0 unspecified atom stereocenters. The van der Waals surface area contributed by atoms with E-state index in [1.807, 2.05) is 20.8 Å². The molecule has 4 rings (SSSR count). The molecule has 0 atom stereocenters. The predicted molar refractivity (Wildman–Crippen MR) is 129 cm³/mol. The van der Waals surface area contributed by atoms with Crippen LogP contribution in [0.2, 0.25) is 5.15 Å². The maximum atomic E-state index is 12.3. The number of thiazole rings is 1. The zero-order valence-electron chi connectivity index (χ0n) is 18.4. The summed E-state index contributed by atoms with van der Waals surface area (Å²) in [5, 5.41) is 3.70. The van der Waals surface area contributed by atoms with Gasteiger partial charge in [-0.1, -0.05) is 11.6 Å². The van der Waals surface area contributed by atoms with Gasteiger partial charge < -0.3 is 15.0 Å². The molecule has 32 heavy (non-hydrogen) atoms. The van der Waals surface area contributed by atoms with Crippen molar-refractivity contribution in [1.29, 1.82) is 0 Å². The molecule has 0 spiro atoms. The van der Waals surface area contributed by atoms with Gasteiger partial charge in [-0.3, -0.25) is 9.11 Å². The molecule has 11 heteroatoms. The smallest absolute Gasteiger partial charge is 0.410 e. The lowest BCUT2D eigenvalue weighted by atomic mass is 10.1. The van der Waals surface area contributed by atoms with E-state index in [4.69, 9.17) is 16.3 Å². The van der Waals surface area contributed by atoms with E-state index in [9.17, 15) is 13.9 Å². The van der Waals surface area contributed by atoms with Gasteiger partial charge in [-0.2, -0.15) is 10.6 Å². The molecule has 1 aliphatic carbocycles. The molecule has 3 N–H and O–H groups in total. The van der Waals surface area contributed by atoms with Gasteiger partial charge >= 0.3 is 6.09 Å². The van der Waals surface area contributed by atoms with Gasteiger partial charge in [0.05, 0.1) is 15.8 Å². The number of anilines is 2. The number of ether oxygens (including phenoxy) is 1. The van der Waals surface area contributed by atoms with Gasteiger partial charge in [0.2, 0.25) is 0 Å². The number of hydrogen-bond donors (Lipinski definition) is 3. The lowest BCUT2D eigenvalue weighted by molar-refractivity contribution is 0.0216. The van der Waals surface area contributed by atoms with E-state index in [2.05, 4.69) is 15.3 Å². The van der Waals surface area contributed by atoms with Crippen LogP contribution in [0.4, 0.5) is 15.7 Å². The number of amides is 1. The van der Waals surface area contributed by atoms with Gasteiger partial charge in [0.1, 0.15) is 16.6 Å². The minimum absolute atomic E-state index is 0.181. The molecule has 1 fully saturated rings. The fraction of sp³-hybridized carbons (Fsp3) is 0.571. The predicted octanol–water partition coefficient (Wildman–Crippen LogP) is 5.93. The van der Waals surface area contributed by atoms with E-state index < -0.39 is 16.2 Å². The number of rotatable bonds is 4. The summed E-state index contributed by atoms with van der Waals surface area (Å²) in [6, 6.07) is 3.14. The maximum Gasteiger partial charge on any atom is 0.410 e. The van der Waals surface area contributed by atoms with Crippen LogP contribution in [0.1, 0.15) is 50.6 Å².